The van der Waals surface area contributed by atoms with E-state index in [2.05, 4.69) is 0 Å². The number of amides is 2. The van der Waals surface area contributed by atoms with Crippen molar-refractivity contribution < 1.29 is 32.2 Å². The second-order valence-electron chi connectivity index (χ2n) is 6.63. The number of sulfonamides is 1. The lowest BCUT2D eigenvalue weighted by atomic mass is 10.1. The average Bonchev–Trinajstić information content (AvgIpc) is 2.72. The molecule has 0 spiro atoms. The number of hydrogen-bond donors (Lipinski definition) is 0. The molecule has 1 aromatic rings. The number of carbonyl (C=O) groups is 2. The summed E-state index contributed by atoms with van der Waals surface area (Å²) < 4.78 is 41.4. The monoisotopic (exact) mass is 443 g/mol. The van der Waals surface area contributed by atoms with Crippen LogP contribution < -0.4 is 13.8 Å². The number of anilines is 1. The van der Waals surface area contributed by atoms with Gasteiger partial charge < -0.3 is 24.0 Å². The summed E-state index contributed by atoms with van der Waals surface area (Å²) in [7, 11) is -0.747. The summed E-state index contributed by atoms with van der Waals surface area (Å²) in [5, 5.41) is 0. The molecule has 2 rings (SSSR count). The van der Waals surface area contributed by atoms with Crippen LogP contribution in [0.5, 0.6) is 11.5 Å². The summed E-state index contributed by atoms with van der Waals surface area (Å²) >= 11 is 0. The van der Waals surface area contributed by atoms with Gasteiger partial charge in [0.15, 0.2) is 11.5 Å². The first-order valence-electron chi connectivity index (χ1n) is 9.62. The Balaban J connectivity index is 2.39. The molecular weight excluding hydrogens is 414 g/mol. The number of piperazine rings is 1. The van der Waals surface area contributed by atoms with Gasteiger partial charge in [-0.1, -0.05) is 0 Å². The number of nitrogens with zero attached hydrogens (tertiary/aromatic N) is 3. The molecule has 0 N–H and O–H groups in total. The van der Waals surface area contributed by atoms with Gasteiger partial charge in [0.2, 0.25) is 10.0 Å². The summed E-state index contributed by atoms with van der Waals surface area (Å²) in [6.45, 7) is 5.11. The molecule has 0 radical (unpaired) electrons. The second kappa shape index (κ2) is 9.88. The van der Waals surface area contributed by atoms with Gasteiger partial charge in [0.05, 0.1) is 38.3 Å². The Labute approximate surface area is 177 Å². The molecule has 168 valence electrons. The van der Waals surface area contributed by atoms with Crippen LogP contribution in [0.1, 0.15) is 24.2 Å². The molecule has 1 saturated heterocycles. The zero-order valence-corrected chi connectivity index (χ0v) is 18.8. The molecule has 0 aliphatic carbocycles. The van der Waals surface area contributed by atoms with Crippen LogP contribution in [0.2, 0.25) is 0 Å². The van der Waals surface area contributed by atoms with E-state index >= 15 is 0 Å². The van der Waals surface area contributed by atoms with Gasteiger partial charge in [-0.05, 0) is 19.9 Å². The molecule has 0 aromatic heterocycles. The van der Waals surface area contributed by atoms with Crippen molar-refractivity contribution in [3.05, 3.63) is 17.7 Å². The fraction of sp³-hybridized carbons (Fsp3) is 0.579. The third-order valence-corrected chi connectivity index (χ3v) is 6.04. The molecular formula is C19H29N3O7S. The number of benzene rings is 1. The van der Waals surface area contributed by atoms with Gasteiger partial charge in [0.1, 0.15) is 0 Å². The molecule has 1 heterocycles. The molecule has 0 saturated carbocycles. The van der Waals surface area contributed by atoms with Gasteiger partial charge in [-0.15, -0.1) is 0 Å². The highest BCUT2D eigenvalue weighted by Crippen LogP contribution is 2.36. The van der Waals surface area contributed by atoms with E-state index in [1.807, 2.05) is 0 Å². The van der Waals surface area contributed by atoms with E-state index < -0.39 is 16.1 Å². The van der Waals surface area contributed by atoms with Crippen LogP contribution in [0.15, 0.2) is 12.1 Å². The topological polar surface area (TPSA) is 106 Å². The Kier molecular flexibility index (Phi) is 7.77. The fourth-order valence-electron chi connectivity index (χ4n) is 3.31. The van der Waals surface area contributed by atoms with E-state index in [0.717, 1.165) is 10.6 Å². The minimum Gasteiger partial charge on any atom is -0.493 e. The van der Waals surface area contributed by atoms with E-state index in [9.17, 15) is 18.0 Å². The lowest BCUT2D eigenvalue weighted by molar-refractivity contribution is 0.0571. The maximum atomic E-state index is 13.3. The highest BCUT2D eigenvalue weighted by molar-refractivity contribution is 7.92. The maximum absolute atomic E-state index is 13.3. The largest absolute Gasteiger partial charge is 0.493 e. The van der Waals surface area contributed by atoms with Crippen molar-refractivity contribution in [2.24, 2.45) is 0 Å². The maximum Gasteiger partial charge on any atom is 0.409 e. The van der Waals surface area contributed by atoms with Crippen LogP contribution in [0, 0.1) is 0 Å². The Bertz CT molecular complexity index is 880. The zero-order valence-electron chi connectivity index (χ0n) is 18.0. The van der Waals surface area contributed by atoms with Gasteiger partial charge in [0, 0.05) is 38.8 Å². The van der Waals surface area contributed by atoms with Gasteiger partial charge in [-0.3, -0.25) is 9.10 Å². The zero-order chi connectivity index (χ0) is 22.5. The first-order chi connectivity index (χ1) is 14.2. The Morgan fingerprint density at radius 1 is 1.00 bits per heavy atom. The van der Waals surface area contributed by atoms with Crippen molar-refractivity contribution in [2.75, 3.05) is 64.1 Å². The van der Waals surface area contributed by atoms with Crippen LogP contribution in [0.3, 0.4) is 0 Å². The van der Waals surface area contributed by atoms with Crippen LogP contribution >= 0.6 is 0 Å². The molecule has 11 heteroatoms. The summed E-state index contributed by atoms with van der Waals surface area (Å²) in [6.07, 6.45) is 0.671. The van der Waals surface area contributed by atoms with Crippen molar-refractivity contribution in [2.45, 2.75) is 13.8 Å². The van der Waals surface area contributed by atoms with Gasteiger partial charge in [-0.2, -0.15) is 0 Å². The highest BCUT2D eigenvalue weighted by atomic mass is 32.2. The fourth-order valence-corrected chi connectivity index (χ4v) is 4.28. The van der Waals surface area contributed by atoms with E-state index in [1.165, 1.54) is 31.3 Å². The summed E-state index contributed by atoms with van der Waals surface area (Å²) in [4.78, 5) is 28.3. The van der Waals surface area contributed by atoms with Gasteiger partial charge in [-0.25, -0.2) is 13.2 Å². The van der Waals surface area contributed by atoms with Crippen LogP contribution in [-0.4, -0.2) is 90.0 Å². The minimum absolute atomic E-state index is 0.144. The SMILES string of the molecule is CCOC(=O)N1CCN(C(=O)c2cc(OC)c(OC)cc2N(CC)S(C)(=O)=O)CC1. The predicted octanol–water partition coefficient (Wildman–Crippen LogP) is 1.40. The minimum atomic E-state index is -3.63. The Morgan fingerprint density at radius 3 is 2.00 bits per heavy atom. The van der Waals surface area contributed by atoms with Crippen molar-refractivity contribution in [1.82, 2.24) is 9.80 Å². The summed E-state index contributed by atoms with van der Waals surface area (Å²) in [5.74, 6) is 0.286. The molecule has 2 amide bonds. The van der Waals surface area contributed by atoms with E-state index in [-0.39, 0.29) is 30.3 Å². The molecule has 1 aromatic carbocycles. The highest BCUT2D eigenvalue weighted by Gasteiger charge is 2.30. The third-order valence-electron chi connectivity index (χ3n) is 4.78. The van der Waals surface area contributed by atoms with Crippen molar-refractivity contribution in [3.8, 4) is 11.5 Å². The van der Waals surface area contributed by atoms with E-state index in [4.69, 9.17) is 14.2 Å². The number of hydrogen-bond acceptors (Lipinski definition) is 7. The Morgan fingerprint density at radius 2 is 1.53 bits per heavy atom. The number of rotatable bonds is 7. The summed E-state index contributed by atoms with van der Waals surface area (Å²) in [6, 6.07) is 2.98. The van der Waals surface area contributed by atoms with Crippen LogP contribution in [-0.2, 0) is 14.8 Å². The molecule has 30 heavy (non-hydrogen) atoms. The molecule has 10 nitrogen and oxygen atoms in total. The number of methoxy groups -OCH3 is 2. The normalized spacial score (nSPS) is 14.3. The van der Waals surface area contributed by atoms with Crippen LogP contribution in [0.25, 0.3) is 0 Å². The van der Waals surface area contributed by atoms with Crippen molar-refractivity contribution in [1.29, 1.82) is 0 Å². The smallest absolute Gasteiger partial charge is 0.409 e. The molecule has 0 unspecified atom stereocenters. The van der Waals surface area contributed by atoms with Gasteiger partial charge in [0.25, 0.3) is 5.91 Å². The average molecular weight is 444 g/mol. The lowest BCUT2D eigenvalue weighted by Gasteiger charge is -2.35. The Hall–Kier alpha value is -2.69. The first kappa shape index (κ1) is 23.6. The van der Waals surface area contributed by atoms with Gasteiger partial charge >= 0.3 is 6.09 Å². The summed E-state index contributed by atoms with van der Waals surface area (Å²) in [5.41, 5.74) is 0.403. The second-order valence-corrected chi connectivity index (χ2v) is 8.54. The van der Waals surface area contributed by atoms with Crippen LogP contribution in [0.4, 0.5) is 10.5 Å². The molecule has 1 fully saturated rings. The quantitative estimate of drug-likeness (QED) is 0.627. The van der Waals surface area contributed by atoms with Crippen molar-refractivity contribution in [3.63, 3.8) is 0 Å². The number of carbonyl (C=O) groups excluding carboxylic acids is 2. The third kappa shape index (κ3) is 5.07. The van der Waals surface area contributed by atoms with E-state index in [0.29, 0.717) is 37.7 Å². The molecule has 0 atom stereocenters. The number of ether oxygens (including phenoxy) is 3. The molecule has 0 bridgehead atoms. The van der Waals surface area contributed by atoms with Crippen molar-refractivity contribution >= 4 is 27.7 Å². The van der Waals surface area contributed by atoms with E-state index in [1.54, 1.807) is 18.7 Å². The molecule has 1 aliphatic rings. The first-order valence-corrected chi connectivity index (χ1v) is 11.5. The standard InChI is InChI=1S/C19H29N3O7S/c1-6-22(30(5,25)26)15-13-17(28-4)16(27-3)12-14(15)18(23)20-8-10-21(11-9-20)19(24)29-7-2/h12-13H,6-11H2,1-5H3. The lowest BCUT2D eigenvalue weighted by Crippen LogP contribution is -2.51. The molecule has 1 aliphatic heterocycles. The predicted molar refractivity (Wildman–Crippen MR) is 112 cm³/mol.